The van der Waals surface area contributed by atoms with Crippen molar-refractivity contribution in [3.8, 4) is 22.5 Å². The van der Waals surface area contributed by atoms with E-state index in [2.05, 4.69) is 14.5 Å². The fourth-order valence-corrected chi connectivity index (χ4v) is 4.97. The number of rotatable bonds is 5. The van der Waals surface area contributed by atoms with Gasteiger partial charge >= 0.3 is 0 Å². The van der Waals surface area contributed by atoms with E-state index in [0.29, 0.717) is 28.3 Å². The van der Waals surface area contributed by atoms with Crippen molar-refractivity contribution < 1.29 is 12.8 Å². The zero-order valence-corrected chi connectivity index (χ0v) is 18.0. The van der Waals surface area contributed by atoms with Gasteiger partial charge in [0.2, 0.25) is 16.0 Å². The lowest BCUT2D eigenvalue weighted by atomic mass is 10.0. The van der Waals surface area contributed by atoms with Crippen LogP contribution in [0.4, 0.5) is 10.3 Å². The van der Waals surface area contributed by atoms with E-state index in [1.165, 1.54) is 12.1 Å². The highest BCUT2D eigenvalue weighted by atomic mass is 32.2. The molecule has 0 spiro atoms. The van der Waals surface area contributed by atoms with E-state index in [1.54, 1.807) is 38.4 Å². The van der Waals surface area contributed by atoms with Gasteiger partial charge in [-0.05, 0) is 51.0 Å². The molecule has 1 aliphatic carbocycles. The van der Waals surface area contributed by atoms with E-state index >= 15 is 0 Å². The van der Waals surface area contributed by atoms with Crippen LogP contribution in [0.25, 0.3) is 33.5 Å². The Labute approximate surface area is 179 Å². The Balaban J connectivity index is 1.76. The summed E-state index contributed by atoms with van der Waals surface area (Å²) in [7, 11) is -3.70. The van der Waals surface area contributed by atoms with Crippen LogP contribution in [0.2, 0.25) is 0 Å². The van der Waals surface area contributed by atoms with Gasteiger partial charge in [0.05, 0.1) is 34.0 Å². The highest BCUT2D eigenvalue weighted by Gasteiger charge is 2.29. The van der Waals surface area contributed by atoms with Gasteiger partial charge in [0.25, 0.3) is 0 Å². The molecular weight excluding hydrogens is 417 g/mol. The lowest BCUT2D eigenvalue weighted by Gasteiger charge is -2.13. The van der Waals surface area contributed by atoms with E-state index < -0.39 is 15.3 Å². The predicted molar refractivity (Wildman–Crippen MR) is 118 cm³/mol. The van der Waals surface area contributed by atoms with Crippen molar-refractivity contribution in [2.75, 3.05) is 5.73 Å². The maximum Gasteiger partial charge on any atom is 0.244 e. The molecule has 160 valence electrons. The number of aromatic nitrogens is 4. The van der Waals surface area contributed by atoms with Crippen molar-refractivity contribution in [1.29, 1.82) is 0 Å². The molecule has 0 aliphatic heterocycles. The second-order valence-electron chi connectivity index (χ2n) is 8.12. The van der Waals surface area contributed by atoms with Gasteiger partial charge in [0, 0.05) is 17.2 Å². The molecule has 31 heavy (non-hydrogen) atoms. The summed E-state index contributed by atoms with van der Waals surface area (Å²) in [6, 6.07) is 12.0. The quantitative estimate of drug-likeness (QED) is 0.503. The summed E-state index contributed by atoms with van der Waals surface area (Å²) in [5.41, 5.74) is 9.81. The lowest BCUT2D eigenvalue weighted by molar-refractivity contribution is 0.580. The first-order chi connectivity index (χ1) is 14.8. The average molecular weight is 440 g/mol. The number of imidazole rings is 2. The molecule has 0 radical (unpaired) electrons. The smallest absolute Gasteiger partial charge is 0.244 e. The first-order valence-corrected chi connectivity index (χ1v) is 11.6. The first kappa shape index (κ1) is 19.7. The fourth-order valence-electron chi connectivity index (χ4n) is 3.82. The topological polar surface area (TPSA) is 95.8 Å². The number of hydrogen-bond donors (Lipinski definition) is 1. The van der Waals surface area contributed by atoms with Gasteiger partial charge < -0.3 is 10.3 Å². The van der Waals surface area contributed by atoms with E-state index in [-0.39, 0.29) is 11.8 Å². The van der Waals surface area contributed by atoms with Gasteiger partial charge in [-0.25, -0.2) is 26.7 Å². The molecule has 2 aromatic carbocycles. The Morgan fingerprint density at radius 3 is 2.58 bits per heavy atom. The zero-order chi connectivity index (χ0) is 21.9. The average Bonchev–Trinajstić information content (AvgIpc) is 3.37. The van der Waals surface area contributed by atoms with Crippen LogP contribution in [0.15, 0.2) is 48.8 Å². The Hall–Kier alpha value is -3.20. The molecule has 1 aliphatic rings. The molecule has 5 rings (SSSR count). The Morgan fingerprint density at radius 2 is 1.90 bits per heavy atom. The molecule has 2 heterocycles. The Morgan fingerprint density at radius 1 is 1.13 bits per heavy atom. The molecule has 0 amide bonds. The maximum atomic E-state index is 13.9. The standard InChI is InChI=1S/C22H22FN5O2S/c1-13(2)31(29,30)28-19-11-15(6-9-18(19)26-22(28)24)21-20(14-4-3-5-16(23)10-14)25-12-27(21)17-7-8-17/h3-6,9-13,17H,7-8H2,1-2H3,(H2,24,26). The minimum Gasteiger partial charge on any atom is -0.368 e. The van der Waals surface area contributed by atoms with Crippen molar-refractivity contribution in [1.82, 2.24) is 18.5 Å². The van der Waals surface area contributed by atoms with Crippen LogP contribution >= 0.6 is 0 Å². The van der Waals surface area contributed by atoms with Gasteiger partial charge in [0.15, 0.2) is 0 Å². The molecular formula is C22H22FN5O2S. The van der Waals surface area contributed by atoms with Crippen molar-refractivity contribution in [3.63, 3.8) is 0 Å². The fraction of sp³-hybridized carbons (Fsp3) is 0.273. The van der Waals surface area contributed by atoms with Crippen molar-refractivity contribution in [2.45, 2.75) is 38.0 Å². The van der Waals surface area contributed by atoms with E-state index in [4.69, 9.17) is 5.73 Å². The van der Waals surface area contributed by atoms with Crippen LogP contribution < -0.4 is 5.73 Å². The SMILES string of the molecule is CC(C)S(=O)(=O)n1c(N)nc2ccc(-c3c(-c4cccc(F)c4)ncn3C3CC3)cc21. The van der Waals surface area contributed by atoms with Crippen molar-refractivity contribution in [2.24, 2.45) is 0 Å². The van der Waals surface area contributed by atoms with Gasteiger partial charge in [-0.1, -0.05) is 18.2 Å². The molecule has 4 aromatic rings. The number of halogens is 1. The van der Waals surface area contributed by atoms with Crippen LogP contribution in [0.1, 0.15) is 32.7 Å². The third-order valence-corrected chi connectivity index (χ3v) is 7.68. The van der Waals surface area contributed by atoms with Gasteiger partial charge in [-0.3, -0.25) is 0 Å². The van der Waals surface area contributed by atoms with Crippen molar-refractivity contribution >= 4 is 27.0 Å². The van der Waals surface area contributed by atoms with E-state index in [1.807, 2.05) is 12.1 Å². The summed E-state index contributed by atoms with van der Waals surface area (Å²) in [5, 5.41) is -0.657. The second kappa shape index (κ2) is 6.91. The van der Waals surface area contributed by atoms with E-state index in [9.17, 15) is 12.8 Å². The third kappa shape index (κ3) is 3.20. The number of nitrogens with zero attached hydrogens (tertiary/aromatic N) is 4. The second-order valence-corrected chi connectivity index (χ2v) is 10.5. The largest absolute Gasteiger partial charge is 0.368 e. The molecule has 0 unspecified atom stereocenters. The number of nitrogens with two attached hydrogens (primary N) is 1. The first-order valence-electron chi connectivity index (χ1n) is 10.1. The monoisotopic (exact) mass is 439 g/mol. The van der Waals surface area contributed by atoms with Crippen LogP contribution in [-0.2, 0) is 10.0 Å². The van der Waals surface area contributed by atoms with Crippen LogP contribution in [-0.4, -0.2) is 32.2 Å². The minimum atomic E-state index is -3.70. The Bertz CT molecular complexity index is 1420. The summed E-state index contributed by atoms with van der Waals surface area (Å²) >= 11 is 0. The highest BCUT2D eigenvalue weighted by Crippen LogP contribution is 2.42. The van der Waals surface area contributed by atoms with E-state index in [0.717, 1.165) is 28.1 Å². The molecule has 2 aromatic heterocycles. The van der Waals surface area contributed by atoms with Gasteiger partial charge in [0.1, 0.15) is 5.82 Å². The molecule has 1 saturated carbocycles. The van der Waals surface area contributed by atoms with Crippen molar-refractivity contribution in [3.05, 3.63) is 54.6 Å². The number of nitrogen functional groups attached to an aromatic ring is 1. The summed E-state index contributed by atoms with van der Waals surface area (Å²) in [6.07, 6.45) is 3.86. The maximum absolute atomic E-state index is 13.9. The number of benzene rings is 2. The third-order valence-electron chi connectivity index (χ3n) is 5.59. The summed E-state index contributed by atoms with van der Waals surface area (Å²) < 4.78 is 42.9. The highest BCUT2D eigenvalue weighted by molar-refractivity contribution is 7.90. The molecule has 7 nitrogen and oxygen atoms in total. The zero-order valence-electron chi connectivity index (χ0n) is 17.2. The number of fused-ring (bicyclic) bond motifs is 1. The van der Waals surface area contributed by atoms with Crippen LogP contribution in [0, 0.1) is 5.82 Å². The van der Waals surface area contributed by atoms with Gasteiger partial charge in [-0.2, -0.15) is 0 Å². The summed E-state index contributed by atoms with van der Waals surface area (Å²) in [4.78, 5) is 8.82. The molecule has 1 fully saturated rings. The van der Waals surface area contributed by atoms with Crippen LogP contribution in [0.5, 0.6) is 0 Å². The molecule has 0 bridgehead atoms. The van der Waals surface area contributed by atoms with Crippen LogP contribution in [0.3, 0.4) is 0 Å². The van der Waals surface area contributed by atoms with Gasteiger partial charge in [-0.15, -0.1) is 0 Å². The Kier molecular flexibility index (Phi) is 4.40. The minimum absolute atomic E-state index is 0.0677. The molecule has 9 heteroatoms. The number of hydrogen-bond acceptors (Lipinski definition) is 5. The normalized spacial score (nSPS) is 14.6. The molecule has 2 N–H and O–H groups in total. The molecule has 0 atom stereocenters. The number of anilines is 1. The predicted octanol–water partition coefficient (Wildman–Crippen LogP) is 4.21. The molecule has 0 saturated heterocycles. The lowest BCUT2D eigenvalue weighted by Crippen LogP contribution is -2.23. The summed E-state index contributed by atoms with van der Waals surface area (Å²) in [6.45, 7) is 3.21. The summed E-state index contributed by atoms with van der Waals surface area (Å²) in [5.74, 6) is -0.407.